The van der Waals surface area contributed by atoms with Crippen molar-refractivity contribution in [2.45, 2.75) is 19.8 Å². The Kier molecular flexibility index (Phi) is 5.05. The van der Waals surface area contributed by atoms with Crippen molar-refractivity contribution in [2.75, 3.05) is 0 Å². The molecule has 0 aliphatic heterocycles. The van der Waals surface area contributed by atoms with Gasteiger partial charge >= 0.3 is 5.97 Å². The molecular formula is C13H15NO4. The molecule has 0 aliphatic rings. The third-order valence-corrected chi connectivity index (χ3v) is 2.74. The number of aliphatic hydroxyl groups excluding tert-OH is 1. The molecule has 0 aromatic heterocycles. The summed E-state index contributed by atoms with van der Waals surface area (Å²) in [5, 5.41) is 20.9. The zero-order valence-electron chi connectivity index (χ0n) is 10.0. The van der Waals surface area contributed by atoms with E-state index in [1.54, 1.807) is 0 Å². The summed E-state index contributed by atoms with van der Waals surface area (Å²) in [6, 6.07) is 9.35. The number of nitrogens with zero attached hydrogens (tertiary/aromatic N) is 1. The van der Waals surface area contributed by atoms with Crippen molar-refractivity contribution in [3.63, 3.8) is 0 Å². The second-order valence-electron chi connectivity index (χ2n) is 3.93. The average Bonchev–Trinajstić information content (AvgIpc) is 2.37. The van der Waals surface area contributed by atoms with E-state index in [-0.39, 0.29) is 0 Å². The highest BCUT2D eigenvalue weighted by atomic mass is 16.4. The van der Waals surface area contributed by atoms with Crippen LogP contribution in [-0.4, -0.2) is 16.2 Å². The maximum Gasteiger partial charge on any atom is 0.361 e. The molecule has 5 heteroatoms. The first-order valence-corrected chi connectivity index (χ1v) is 5.63. The van der Waals surface area contributed by atoms with E-state index in [0.717, 1.165) is 5.56 Å². The number of aliphatic carboxylic acids is 1. The van der Waals surface area contributed by atoms with Crippen LogP contribution in [0.4, 0.5) is 0 Å². The van der Waals surface area contributed by atoms with Crippen LogP contribution in [0.5, 0.6) is 0 Å². The molecule has 1 aromatic carbocycles. The lowest BCUT2D eigenvalue weighted by Gasteiger charge is -2.14. The zero-order valence-corrected chi connectivity index (χ0v) is 10.0. The molecule has 1 rings (SSSR count). The second kappa shape index (κ2) is 6.54. The normalized spacial score (nSPS) is 13.6. The Morgan fingerprint density at radius 2 is 1.89 bits per heavy atom. The number of hydrogen-bond acceptors (Lipinski definition) is 4. The van der Waals surface area contributed by atoms with Gasteiger partial charge in [-0.25, -0.2) is 4.79 Å². The molecule has 2 N–H and O–H groups in total. The van der Waals surface area contributed by atoms with Crippen LogP contribution in [0.25, 0.3) is 0 Å². The molecule has 0 amide bonds. The summed E-state index contributed by atoms with van der Waals surface area (Å²) >= 11 is 0. The minimum Gasteiger partial charge on any atom is -0.509 e. The molecule has 0 radical (unpaired) electrons. The van der Waals surface area contributed by atoms with Crippen LogP contribution in [0.2, 0.25) is 0 Å². The van der Waals surface area contributed by atoms with Gasteiger partial charge in [-0.05, 0) is 23.6 Å². The lowest BCUT2D eigenvalue weighted by atomic mass is 9.94. The standard InChI is InChI=1S/C13H15NO4/c1-2-10(8-9-6-4-3-5-7-9)12(15)11(14-18)13(16)17/h3-7,10,15H,2,8H2,1H3,(H,16,17). The van der Waals surface area contributed by atoms with E-state index in [1.165, 1.54) is 0 Å². The van der Waals surface area contributed by atoms with Crippen molar-refractivity contribution in [3.05, 3.63) is 52.3 Å². The van der Waals surface area contributed by atoms with Crippen molar-refractivity contribution in [1.29, 1.82) is 0 Å². The molecule has 0 saturated carbocycles. The molecule has 1 unspecified atom stereocenters. The Morgan fingerprint density at radius 3 is 2.33 bits per heavy atom. The first kappa shape index (κ1) is 13.9. The van der Waals surface area contributed by atoms with E-state index in [0.29, 0.717) is 12.8 Å². The predicted molar refractivity (Wildman–Crippen MR) is 67.0 cm³/mol. The smallest absolute Gasteiger partial charge is 0.361 e. The van der Waals surface area contributed by atoms with Gasteiger partial charge in [0.05, 0.1) is 0 Å². The van der Waals surface area contributed by atoms with E-state index >= 15 is 0 Å². The molecule has 96 valence electrons. The number of carbonyl (C=O) groups is 1. The highest BCUT2D eigenvalue weighted by Gasteiger charge is 2.22. The van der Waals surface area contributed by atoms with E-state index in [9.17, 15) is 14.8 Å². The number of rotatable bonds is 6. The lowest BCUT2D eigenvalue weighted by Crippen LogP contribution is -2.12. The topological polar surface area (TPSA) is 87.0 Å². The maximum absolute atomic E-state index is 10.7. The second-order valence-corrected chi connectivity index (χ2v) is 3.93. The number of carboxylic acids is 1. The number of aliphatic hydroxyl groups is 1. The fourth-order valence-electron chi connectivity index (χ4n) is 1.72. The largest absolute Gasteiger partial charge is 0.509 e. The van der Waals surface area contributed by atoms with Gasteiger partial charge in [0.1, 0.15) is 5.76 Å². The lowest BCUT2D eigenvalue weighted by molar-refractivity contribution is -0.133. The van der Waals surface area contributed by atoms with Crippen LogP contribution >= 0.6 is 0 Å². The molecule has 5 nitrogen and oxygen atoms in total. The van der Waals surface area contributed by atoms with E-state index in [1.807, 2.05) is 37.3 Å². The highest BCUT2D eigenvalue weighted by molar-refractivity contribution is 5.86. The van der Waals surface area contributed by atoms with Crippen LogP contribution < -0.4 is 0 Å². The SMILES string of the molecule is CCC(Cc1ccccc1)C(O)=C(N=O)C(=O)O. The van der Waals surface area contributed by atoms with Gasteiger partial charge in [0.25, 0.3) is 0 Å². The molecule has 0 saturated heterocycles. The number of benzene rings is 1. The highest BCUT2D eigenvalue weighted by Crippen LogP contribution is 2.22. The third kappa shape index (κ3) is 3.41. The van der Waals surface area contributed by atoms with Gasteiger partial charge in [-0.2, -0.15) is 0 Å². The summed E-state index contributed by atoms with van der Waals surface area (Å²) in [5.74, 6) is -2.38. The monoisotopic (exact) mass is 249 g/mol. The number of carboxylic acid groups (broad SMARTS) is 1. The Hall–Kier alpha value is -2.17. The average molecular weight is 249 g/mol. The summed E-state index contributed by atoms with van der Waals surface area (Å²) in [7, 11) is 0. The molecule has 0 heterocycles. The Bertz CT molecular complexity index is 453. The number of allylic oxidation sites excluding steroid dienone is 1. The van der Waals surface area contributed by atoms with Gasteiger partial charge in [0.15, 0.2) is 0 Å². The van der Waals surface area contributed by atoms with Gasteiger partial charge in [0, 0.05) is 5.92 Å². The molecule has 0 fully saturated rings. The van der Waals surface area contributed by atoms with E-state index in [2.05, 4.69) is 5.18 Å². The van der Waals surface area contributed by atoms with Crippen molar-refractivity contribution in [1.82, 2.24) is 0 Å². The van der Waals surface area contributed by atoms with Gasteiger partial charge in [-0.3, -0.25) is 0 Å². The number of hydrogen-bond donors (Lipinski definition) is 2. The van der Waals surface area contributed by atoms with Gasteiger partial charge in [-0.1, -0.05) is 37.3 Å². The minimum absolute atomic E-state index is 0.420. The molecule has 1 atom stereocenters. The van der Waals surface area contributed by atoms with E-state index < -0.39 is 23.3 Å². The van der Waals surface area contributed by atoms with Crippen LogP contribution in [0, 0.1) is 10.8 Å². The van der Waals surface area contributed by atoms with Gasteiger partial charge in [0.2, 0.25) is 5.70 Å². The van der Waals surface area contributed by atoms with Crippen molar-refractivity contribution < 1.29 is 15.0 Å². The molecule has 0 spiro atoms. The van der Waals surface area contributed by atoms with Crippen LogP contribution in [0.3, 0.4) is 0 Å². The molecule has 0 aliphatic carbocycles. The minimum atomic E-state index is -1.51. The van der Waals surface area contributed by atoms with E-state index in [4.69, 9.17) is 5.11 Å². The Balaban J connectivity index is 2.96. The summed E-state index contributed by atoms with van der Waals surface area (Å²) in [6.45, 7) is 1.81. The van der Waals surface area contributed by atoms with Gasteiger partial charge < -0.3 is 10.2 Å². The fourth-order valence-corrected chi connectivity index (χ4v) is 1.72. The molecule has 1 aromatic rings. The van der Waals surface area contributed by atoms with Crippen molar-refractivity contribution >= 4 is 5.97 Å². The third-order valence-electron chi connectivity index (χ3n) is 2.74. The summed E-state index contributed by atoms with van der Waals surface area (Å²) in [5.41, 5.74) is 0.157. The van der Waals surface area contributed by atoms with Crippen molar-refractivity contribution in [3.8, 4) is 0 Å². The first-order chi connectivity index (χ1) is 8.60. The van der Waals surface area contributed by atoms with Crippen molar-refractivity contribution in [2.24, 2.45) is 11.1 Å². The maximum atomic E-state index is 10.7. The van der Waals surface area contributed by atoms with Crippen LogP contribution in [-0.2, 0) is 11.2 Å². The molecule has 0 bridgehead atoms. The molecular weight excluding hydrogens is 234 g/mol. The zero-order chi connectivity index (χ0) is 13.5. The van der Waals surface area contributed by atoms with Crippen LogP contribution in [0.1, 0.15) is 18.9 Å². The number of nitroso groups, excluding NO2 is 1. The summed E-state index contributed by atoms with van der Waals surface area (Å²) in [6.07, 6.45) is 0.989. The summed E-state index contributed by atoms with van der Waals surface area (Å²) < 4.78 is 0. The predicted octanol–water partition coefficient (Wildman–Crippen LogP) is 2.88. The first-order valence-electron chi connectivity index (χ1n) is 5.63. The Morgan fingerprint density at radius 1 is 1.28 bits per heavy atom. The quantitative estimate of drug-likeness (QED) is 0.461. The van der Waals surface area contributed by atoms with Crippen LogP contribution in [0.15, 0.2) is 47.0 Å². The summed E-state index contributed by atoms with van der Waals surface area (Å²) in [4.78, 5) is 21.1. The fraction of sp³-hybridized carbons (Fsp3) is 0.308. The molecule has 18 heavy (non-hydrogen) atoms. The van der Waals surface area contributed by atoms with Gasteiger partial charge in [-0.15, -0.1) is 4.91 Å². The Labute approximate surface area is 105 Å².